The minimum absolute atomic E-state index is 0.144. The fourth-order valence-electron chi connectivity index (χ4n) is 1.60. The average Bonchev–Trinajstić information content (AvgIpc) is 2.78. The molecule has 1 aliphatic carbocycles. The van der Waals surface area contributed by atoms with Crippen molar-refractivity contribution in [2.75, 3.05) is 6.54 Å². The van der Waals surface area contributed by atoms with Crippen molar-refractivity contribution in [1.82, 2.24) is 10.6 Å². The molecule has 1 atom stereocenters. The second-order valence-corrected chi connectivity index (χ2v) is 4.69. The third-order valence-corrected chi connectivity index (χ3v) is 3.28. The number of rotatable bonds is 5. The summed E-state index contributed by atoms with van der Waals surface area (Å²) in [5.74, 6) is -0.886. The Hall–Kier alpha value is -1.52. The summed E-state index contributed by atoms with van der Waals surface area (Å²) in [7, 11) is 0. The number of amides is 2. The molecular formula is C12H20N2O3. The number of nitrogens with one attached hydrogen (secondary N) is 2. The van der Waals surface area contributed by atoms with Crippen molar-refractivity contribution in [3.63, 3.8) is 0 Å². The normalized spacial score (nSPS) is 18.7. The first-order chi connectivity index (χ1) is 7.98. The highest BCUT2D eigenvalue weighted by molar-refractivity contribution is 5.78. The predicted molar refractivity (Wildman–Crippen MR) is 64.7 cm³/mol. The quantitative estimate of drug-likeness (QED) is 0.637. The molecule has 0 saturated carbocycles. The van der Waals surface area contributed by atoms with E-state index < -0.39 is 11.4 Å². The third kappa shape index (κ3) is 3.76. The zero-order chi connectivity index (χ0) is 12.9. The Morgan fingerprint density at radius 1 is 1.41 bits per heavy atom. The minimum Gasteiger partial charge on any atom is -0.481 e. The molecule has 0 bridgehead atoms. The molecule has 96 valence electrons. The van der Waals surface area contributed by atoms with Crippen LogP contribution in [-0.2, 0) is 4.79 Å². The number of carboxylic acids is 1. The highest BCUT2D eigenvalue weighted by atomic mass is 16.4. The molecule has 0 aromatic rings. The molecule has 1 aliphatic rings. The van der Waals surface area contributed by atoms with Gasteiger partial charge in [-0.25, -0.2) is 4.79 Å². The lowest BCUT2D eigenvalue weighted by molar-refractivity contribution is -0.147. The van der Waals surface area contributed by atoms with Crippen LogP contribution in [0.25, 0.3) is 0 Å². The van der Waals surface area contributed by atoms with Gasteiger partial charge in [0.2, 0.25) is 0 Å². The van der Waals surface area contributed by atoms with Gasteiger partial charge in [0.15, 0.2) is 0 Å². The van der Waals surface area contributed by atoms with E-state index in [9.17, 15) is 9.59 Å². The van der Waals surface area contributed by atoms with E-state index in [1.165, 1.54) is 0 Å². The van der Waals surface area contributed by atoms with Crippen LogP contribution in [0.2, 0.25) is 0 Å². The highest BCUT2D eigenvalue weighted by Crippen LogP contribution is 2.19. The molecule has 0 fully saturated rings. The van der Waals surface area contributed by atoms with Gasteiger partial charge in [0.1, 0.15) is 0 Å². The maximum atomic E-state index is 11.5. The Morgan fingerprint density at radius 3 is 2.47 bits per heavy atom. The Bertz CT molecular complexity index is 320. The second kappa shape index (κ2) is 5.70. The van der Waals surface area contributed by atoms with Crippen LogP contribution in [0.5, 0.6) is 0 Å². The van der Waals surface area contributed by atoms with Gasteiger partial charge in [-0.05, 0) is 26.2 Å². The molecule has 0 aromatic heterocycles. The fourth-order valence-corrected chi connectivity index (χ4v) is 1.60. The van der Waals surface area contributed by atoms with E-state index in [-0.39, 0.29) is 18.6 Å². The molecule has 0 heterocycles. The lowest BCUT2D eigenvalue weighted by Crippen LogP contribution is -2.46. The van der Waals surface area contributed by atoms with E-state index in [2.05, 4.69) is 10.6 Å². The summed E-state index contributed by atoms with van der Waals surface area (Å²) in [4.78, 5) is 22.6. The summed E-state index contributed by atoms with van der Waals surface area (Å²) in [5.41, 5.74) is -0.898. The van der Waals surface area contributed by atoms with Gasteiger partial charge in [-0.3, -0.25) is 4.79 Å². The average molecular weight is 240 g/mol. The zero-order valence-electron chi connectivity index (χ0n) is 10.3. The summed E-state index contributed by atoms with van der Waals surface area (Å²) in [6.07, 6.45) is 6.22. The number of aliphatic carboxylic acids is 1. The number of hydrogen-bond donors (Lipinski definition) is 3. The van der Waals surface area contributed by atoms with Crippen molar-refractivity contribution in [1.29, 1.82) is 0 Å². The molecule has 17 heavy (non-hydrogen) atoms. The summed E-state index contributed by atoms with van der Waals surface area (Å²) < 4.78 is 0. The lowest BCUT2D eigenvalue weighted by Gasteiger charge is -2.24. The summed E-state index contributed by atoms with van der Waals surface area (Å²) in [5, 5.41) is 14.5. The summed E-state index contributed by atoms with van der Waals surface area (Å²) in [6, 6.07) is -0.146. The number of carbonyl (C=O) groups is 2. The molecule has 1 unspecified atom stereocenters. The smallest absolute Gasteiger partial charge is 0.315 e. The molecule has 1 rings (SSSR count). The van der Waals surface area contributed by atoms with Crippen LogP contribution in [0.15, 0.2) is 12.2 Å². The monoisotopic (exact) mass is 240 g/mol. The largest absolute Gasteiger partial charge is 0.481 e. The molecule has 5 heteroatoms. The molecule has 0 saturated heterocycles. The lowest BCUT2D eigenvalue weighted by atomic mass is 9.88. The summed E-state index contributed by atoms with van der Waals surface area (Å²) >= 11 is 0. The third-order valence-electron chi connectivity index (χ3n) is 3.28. The second-order valence-electron chi connectivity index (χ2n) is 4.69. The summed E-state index contributed by atoms with van der Waals surface area (Å²) in [6.45, 7) is 3.58. The van der Waals surface area contributed by atoms with Gasteiger partial charge in [-0.2, -0.15) is 0 Å². The van der Waals surface area contributed by atoms with Crippen LogP contribution < -0.4 is 10.6 Å². The standard InChI is InChI=1S/C12H20N2O3/c1-3-12(2,10(15)16)8-13-11(17)14-9-6-4-5-7-9/h4-5,9H,3,6-8H2,1-2H3,(H,15,16)(H2,13,14,17). The van der Waals surface area contributed by atoms with Crippen LogP contribution >= 0.6 is 0 Å². The van der Waals surface area contributed by atoms with E-state index in [1.807, 2.05) is 12.2 Å². The van der Waals surface area contributed by atoms with Gasteiger partial charge in [0.25, 0.3) is 0 Å². The van der Waals surface area contributed by atoms with Crippen molar-refractivity contribution in [3.05, 3.63) is 12.2 Å². The number of carbonyl (C=O) groups excluding carboxylic acids is 1. The SMILES string of the molecule is CCC(C)(CNC(=O)NC1CC=CC1)C(=O)O. The van der Waals surface area contributed by atoms with Crippen LogP contribution in [0, 0.1) is 5.41 Å². The zero-order valence-corrected chi connectivity index (χ0v) is 10.3. The van der Waals surface area contributed by atoms with E-state index in [0.29, 0.717) is 6.42 Å². The van der Waals surface area contributed by atoms with Gasteiger partial charge >= 0.3 is 12.0 Å². The van der Waals surface area contributed by atoms with E-state index in [1.54, 1.807) is 13.8 Å². The van der Waals surface area contributed by atoms with Crippen molar-refractivity contribution in [2.24, 2.45) is 5.41 Å². The van der Waals surface area contributed by atoms with Gasteiger partial charge in [0, 0.05) is 12.6 Å². The minimum atomic E-state index is -0.898. The molecule has 5 nitrogen and oxygen atoms in total. The number of hydrogen-bond acceptors (Lipinski definition) is 2. The fraction of sp³-hybridized carbons (Fsp3) is 0.667. The molecule has 2 amide bonds. The molecule has 3 N–H and O–H groups in total. The highest BCUT2D eigenvalue weighted by Gasteiger charge is 2.31. The van der Waals surface area contributed by atoms with E-state index >= 15 is 0 Å². The first kappa shape index (κ1) is 13.5. The Balaban J connectivity index is 2.33. The van der Waals surface area contributed by atoms with Crippen molar-refractivity contribution < 1.29 is 14.7 Å². The van der Waals surface area contributed by atoms with Gasteiger partial charge < -0.3 is 15.7 Å². The van der Waals surface area contributed by atoms with Crippen molar-refractivity contribution in [2.45, 2.75) is 39.2 Å². The maximum absolute atomic E-state index is 11.5. The van der Waals surface area contributed by atoms with Crippen LogP contribution in [0.1, 0.15) is 33.1 Å². The molecule has 0 spiro atoms. The van der Waals surface area contributed by atoms with E-state index in [4.69, 9.17) is 5.11 Å². The Morgan fingerprint density at radius 2 is 2.00 bits per heavy atom. The van der Waals surface area contributed by atoms with Gasteiger partial charge in [-0.15, -0.1) is 0 Å². The van der Waals surface area contributed by atoms with Crippen LogP contribution in [0.3, 0.4) is 0 Å². The van der Waals surface area contributed by atoms with Crippen molar-refractivity contribution in [3.8, 4) is 0 Å². The topological polar surface area (TPSA) is 78.4 Å². The first-order valence-electron chi connectivity index (χ1n) is 5.90. The van der Waals surface area contributed by atoms with Crippen LogP contribution in [-0.4, -0.2) is 29.7 Å². The van der Waals surface area contributed by atoms with Gasteiger partial charge in [-0.1, -0.05) is 19.1 Å². The molecule has 0 radical (unpaired) electrons. The number of urea groups is 1. The Kier molecular flexibility index (Phi) is 4.54. The maximum Gasteiger partial charge on any atom is 0.315 e. The van der Waals surface area contributed by atoms with Gasteiger partial charge in [0.05, 0.1) is 5.41 Å². The predicted octanol–water partition coefficient (Wildman–Crippen LogP) is 1.51. The molecule has 0 aliphatic heterocycles. The molecular weight excluding hydrogens is 220 g/mol. The first-order valence-corrected chi connectivity index (χ1v) is 5.90. The number of carboxylic acid groups (broad SMARTS) is 1. The molecule has 0 aromatic carbocycles. The van der Waals surface area contributed by atoms with E-state index in [0.717, 1.165) is 12.8 Å². The Labute approximate surface area is 101 Å². The van der Waals surface area contributed by atoms with Crippen molar-refractivity contribution >= 4 is 12.0 Å². The van der Waals surface area contributed by atoms with Crippen LogP contribution in [0.4, 0.5) is 4.79 Å².